The van der Waals surface area contributed by atoms with Gasteiger partial charge in [-0.05, 0) is 30.3 Å². The lowest BCUT2D eigenvalue weighted by molar-refractivity contribution is 0.598. The molecule has 1 aromatic heterocycles. The van der Waals surface area contributed by atoms with Crippen LogP contribution in [0.3, 0.4) is 0 Å². The Morgan fingerprint density at radius 3 is 2.36 bits per heavy atom. The zero-order valence-electron chi connectivity index (χ0n) is 13.4. The molecule has 0 aliphatic rings. The van der Waals surface area contributed by atoms with Crippen molar-refractivity contribution < 1.29 is 12.8 Å². The van der Waals surface area contributed by atoms with Gasteiger partial charge in [0.2, 0.25) is 0 Å². The molecule has 0 atom stereocenters. The van der Waals surface area contributed by atoms with Crippen LogP contribution in [0.4, 0.5) is 10.1 Å². The van der Waals surface area contributed by atoms with Gasteiger partial charge in [-0.2, -0.15) is 0 Å². The van der Waals surface area contributed by atoms with Gasteiger partial charge >= 0.3 is 5.69 Å². The highest BCUT2D eigenvalue weighted by atomic mass is 32.2. The maximum absolute atomic E-state index is 13.7. The molecule has 0 fully saturated rings. The number of aromatic nitrogens is 2. The SMILES string of the molecule is Cn1c(=O)c2cc(S(=O)(=O)Nc3ccccc3F)ccc2n(C)c1=O. The van der Waals surface area contributed by atoms with Crippen LogP contribution in [-0.4, -0.2) is 17.6 Å². The molecule has 0 saturated heterocycles. The molecule has 2 aromatic carbocycles. The Morgan fingerprint density at radius 2 is 1.68 bits per heavy atom. The number of nitrogens with zero attached hydrogens (tertiary/aromatic N) is 2. The molecule has 0 aliphatic carbocycles. The lowest BCUT2D eigenvalue weighted by Gasteiger charge is -2.11. The summed E-state index contributed by atoms with van der Waals surface area (Å²) in [6.07, 6.45) is 0. The highest BCUT2D eigenvalue weighted by molar-refractivity contribution is 7.92. The average molecular weight is 363 g/mol. The van der Waals surface area contributed by atoms with E-state index in [0.29, 0.717) is 5.52 Å². The van der Waals surface area contributed by atoms with Crippen molar-refractivity contribution in [3.8, 4) is 0 Å². The number of halogens is 1. The lowest BCUT2D eigenvalue weighted by atomic mass is 10.2. The maximum atomic E-state index is 13.7. The van der Waals surface area contributed by atoms with Gasteiger partial charge in [0.25, 0.3) is 15.6 Å². The van der Waals surface area contributed by atoms with E-state index in [2.05, 4.69) is 4.72 Å². The van der Waals surface area contributed by atoms with Crippen LogP contribution in [0.2, 0.25) is 0 Å². The minimum Gasteiger partial charge on any atom is -0.296 e. The quantitative estimate of drug-likeness (QED) is 0.757. The topological polar surface area (TPSA) is 90.2 Å². The summed E-state index contributed by atoms with van der Waals surface area (Å²) in [6, 6.07) is 9.14. The number of aryl methyl sites for hydroxylation is 1. The van der Waals surface area contributed by atoms with E-state index in [1.807, 2.05) is 0 Å². The summed E-state index contributed by atoms with van der Waals surface area (Å²) in [5, 5.41) is 0.0704. The summed E-state index contributed by atoms with van der Waals surface area (Å²) in [5.74, 6) is -0.717. The third-order valence-corrected chi connectivity index (χ3v) is 5.23. The fourth-order valence-corrected chi connectivity index (χ4v) is 3.58. The molecular weight excluding hydrogens is 349 g/mol. The van der Waals surface area contributed by atoms with Crippen LogP contribution >= 0.6 is 0 Å². The van der Waals surface area contributed by atoms with Crippen LogP contribution in [0.1, 0.15) is 0 Å². The number of hydrogen-bond acceptors (Lipinski definition) is 4. The molecular formula is C16H14FN3O4S. The average Bonchev–Trinajstić information content (AvgIpc) is 2.59. The summed E-state index contributed by atoms with van der Waals surface area (Å²) in [6.45, 7) is 0. The number of fused-ring (bicyclic) bond motifs is 1. The van der Waals surface area contributed by atoms with E-state index in [1.165, 1.54) is 55.1 Å². The molecule has 0 amide bonds. The molecule has 0 spiro atoms. The Kier molecular flexibility index (Phi) is 3.96. The van der Waals surface area contributed by atoms with E-state index in [9.17, 15) is 22.4 Å². The van der Waals surface area contributed by atoms with Gasteiger partial charge in [-0.15, -0.1) is 0 Å². The van der Waals surface area contributed by atoms with Gasteiger partial charge in [-0.25, -0.2) is 17.6 Å². The number of nitrogens with one attached hydrogen (secondary N) is 1. The monoisotopic (exact) mass is 363 g/mol. The van der Waals surface area contributed by atoms with Crippen LogP contribution in [0, 0.1) is 5.82 Å². The zero-order chi connectivity index (χ0) is 18.4. The first-order valence-electron chi connectivity index (χ1n) is 7.19. The molecule has 25 heavy (non-hydrogen) atoms. The second-order valence-electron chi connectivity index (χ2n) is 5.47. The number of rotatable bonds is 3. The maximum Gasteiger partial charge on any atom is 0.330 e. The molecule has 0 unspecified atom stereocenters. The fourth-order valence-electron chi connectivity index (χ4n) is 2.49. The van der Waals surface area contributed by atoms with Crippen molar-refractivity contribution in [3.63, 3.8) is 0 Å². The number of benzene rings is 2. The Hall–Kier alpha value is -2.94. The first-order chi connectivity index (χ1) is 11.7. The van der Waals surface area contributed by atoms with E-state index in [4.69, 9.17) is 0 Å². The first kappa shape index (κ1) is 16.9. The van der Waals surface area contributed by atoms with Crippen molar-refractivity contribution in [2.45, 2.75) is 4.90 Å². The van der Waals surface area contributed by atoms with Crippen LogP contribution in [0.25, 0.3) is 10.9 Å². The number of anilines is 1. The van der Waals surface area contributed by atoms with Crippen molar-refractivity contribution in [1.29, 1.82) is 0 Å². The van der Waals surface area contributed by atoms with Crippen molar-refractivity contribution >= 4 is 26.6 Å². The zero-order valence-corrected chi connectivity index (χ0v) is 14.2. The summed E-state index contributed by atoms with van der Waals surface area (Å²) in [5.41, 5.74) is -1.02. The van der Waals surface area contributed by atoms with E-state index in [1.54, 1.807) is 0 Å². The molecule has 9 heteroatoms. The summed E-state index contributed by atoms with van der Waals surface area (Å²) < 4.78 is 43.0. The molecule has 0 saturated carbocycles. The van der Waals surface area contributed by atoms with Crippen molar-refractivity contribution in [3.05, 3.63) is 69.1 Å². The molecule has 3 aromatic rings. The van der Waals surface area contributed by atoms with Crippen molar-refractivity contribution in [2.75, 3.05) is 4.72 Å². The van der Waals surface area contributed by atoms with Crippen LogP contribution in [0.15, 0.2) is 56.9 Å². The van der Waals surface area contributed by atoms with Crippen LogP contribution < -0.4 is 16.0 Å². The smallest absolute Gasteiger partial charge is 0.296 e. The third-order valence-electron chi connectivity index (χ3n) is 3.87. The first-order valence-corrected chi connectivity index (χ1v) is 8.68. The molecule has 1 N–H and O–H groups in total. The van der Waals surface area contributed by atoms with Gasteiger partial charge in [-0.1, -0.05) is 12.1 Å². The van der Waals surface area contributed by atoms with Gasteiger partial charge in [-0.3, -0.25) is 18.7 Å². The van der Waals surface area contributed by atoms with Crippen molar-refractivity contribution in [1.82, 2.24) is 9.13 Å². The van der Waals surface area contributed by atoms with Crippen LogP contribution in [0.5, 0.6) is 0 Å². The highest BCUT2D eigenvalue weighted by Gasteiger charge is 2.18. The predicted molar refractivity (Wildman–Crippen MR) is 91.6 cm³/mol. The normalized spacial score (nSPS) is 11.6. The third kappa shape index (κ3) is 2.82. The van der Waals surface area contributed by atoms with E-state index in [-0.39, 0.29) is 16.0 Å². The molecule has 3 rings (SSSR count). The molecule has 1 heterocycles. The number of para-hydroxylation sites is 1. The Balaban J connectivity index is 2.18. The molecule has 0 aliphatic heterocycles. The lowest BCUT2D eigenvalue weighted by Crippen LogP contribution is -2.37. The van der Waals surface area contributed by atoms with E-state index in [0.717, 1.165) is 10.6 Å². The second-order valence-corrected chi connectivity index (χ2v) is 7.15. The summed E-state index contributed by atoms with van der Waals surface area (Å²) in [7, 11) is -1.31. The number of sulfonamides is 1. The molecule has 0 radical (unpaired) electrons. The Morgan fingerprint density at radius 1 is 1.00 bits per heavy atom. The fraction of sp³-hybridized carbons (Fsp3) is 0.125. The van der Waals surface area contributed by atoms with E-state index >= 15 is 0 Å². The van der Waals surface area contributed by atoms with Gasteiger partial charge in [0.15, 0.2) is 0 Å². The van der Waals surface area contributed by atoms with Crippen LogP contribution in [-0.2, 0) is 24.1 Å². The molecule has 130 valence electrons. The van der Waals surface area contributed by atoms with E-state index < -0.39 is 27.1 Å². The summed E-state index contributed by atoms with van der Waals surface area (Å²) in [4.78, 5) is 24.0. The minimum atomic E-state index is -4.11. The molecule has 0 bridgehead atoms. The van der Waals surface area contributed by atoms with Gasteiger partial charge < -0.3 is 0 Å². The largest absolute Gasteiger partial charge is 0.330 e. The van der Waals surface area contributed by atoms with Gasteiger partial charge in [0, 0.05) is 14.1 Å². The second kappa shape index (κ2) is 5.85. The Bertz CT molecular complexity index is 1210. The van der Waals surface area contributed by atoms with Gasteiger partial charge in [0.1, 0.15) is 5.82 Å². The molecule has 7 nitrogen and oxygen atoms in total. The van der Waals surface area contributed by atoms with Crippen molar-refractivity contribution in [2.24, 2.45) is 14.1 Å². The summed E-state index contributed by atoms with van der Waals surface area (Å²) >= 11 is 0. The Labute approximate surface area is 142 Å². The van der Waals surface area contributed by atoms with Gasteiger partial charge in [0.05, 0.1) is 21.5 Å². The minimum absolute atomic E-state index is 0.0704. The number of hydrogen-bond donors (Lipinski definition) is 1. The predicted octanol–water partition coefficient (Wildman–Crippen LogP) is 1.18. The highest BCUT2D eigenvalue weighted by Crippen LogP contribution is 2.20. The standard InChI is InChI=1S/C16H14FN3O4S/c1-19-14-8-7-10(9-11(14)15(21)20(2)16(19)22)25(23,24)18-13-6-4-3-5-12(13)17/h3-9,18H,1-2H3.